The van der Waals surface area contributed by atoms with Crippen LogP contribution in [0.25, 0.3) is 0 Å². The van der Waals surface area contributed by atoms with Crippen molar-refractivity contribution in [3.05, 3.63) is 71.0 Å². The van der Waals surface area contributed by atoms with Crippen LogP contribution in [0.3, 0.4) is 0 Å². The number of benzene rings is 1. The van der Waals surface area contributed by atoms with E-state index in [1.54, 1.807) is 24.5 Å². The van der Waals surface area contributed by atoms with Crippen molar-refractivity contribution in [3.63, 3.8) is 0 Å². The van der Waals surface area contributed by atoms with E-state index in [-0.39, 0.29) is 5.91 Å². The number of carbonyl (C=O) groups is 1. The Kier molecular flexibility index (Phi) is 6.10. The van der Waals surface area contributed by atoms with E-state index in [1.165, 1.54) is 0 Å². The van der Waals surface area contributed by atoms with Crippen LogP contribution in [0, 0.1) is 0 Å². The fraction of sp³-hybridized carbons (Fsp3) is 0.111. The minimum Gasteiger partial charge on any atom is -0.367 e. The molecule has 1 aromatic carbocycles. The van der Waals surface area contributed by atoms with Crippen molar-refractivity contribution in [3.8, 4) is 0 Å². The molecule has 0 aliphatic carbocycles. The minimum atomic E-state index is -0.109. The molecule has 2 aromatic heterocycles. The second-order valence-corrected chi connectivity index (χ2v) is 6.27. The standard InChI is InChI=1S/C18H17BrN6O/c19-14-3-1-13(2-4-14)18(26)22-12-11-21-16-5-6-17(25-24-16)23-15-7-9-20-10-8-15/h1-10H,11-12H2,(H,21,24)(H,22,26)(H,20,23,25). The molecule has 0 atom stereocenters. The van der Waals surface area contributed by atoms with E-state index in [2.05, 4.69) is 47.1 Å². The van der Waals surface area contributed by atoms with E-state index in [4.69, 9.17) is 0 Å². The molecule has 0 radical (unpaired) electrons. The highest BCUT2D eigenvalue weighted by Crippen LogP contribution is 2.13. The molecule has 7 nitrogen and oxygen atoms in total. The normalized spacial score (nSPS) is 10.2. The summed E-state index contributed by atoms with van der Waals surface area (Å²) in [4.78, 5) is 16.0. The molecule has 0 bridgehead atoms. The van der Waals surface area contributed by atoms with Gasteiger partial charge in [-0.15, -0.1) is 10.2 Å². The summed E-state index contributed by atoms with van der Waals surface area (Å²) in [5, 5.41) is 17.3. The molecule has 3 rings (SSSR count). The monoisotopic (exact) mass is 412 g/mol. The SMILES string of the molecule is O=C(NCCNc1ccc(Nc2ccncc2)nn1)c1ccc(Br)cc1. The Bertz CT molecular complexity index is 840. The summed E-state index contributed by atoms with van der Waals surface area (Å²) >= 11 is 3.35. The second-order valence-electron chi connectivity index (χ2n) is 5.35. The molecule has 2 heterocycles. The third-order valence-corrected chi connectivity index (χ3v) is 3.97. The molecule has 0 unspecified atom stereocenters. The van der Waals surface area contributed by atoms with E-state index >= 15 is 0 Å². The summed E-state index contributed by atoms with van der Waals surface area (Å²) in [7, 11) is 0. The van der Waals surface area contributed by atoms with Crippen molar-refractivity contribution in [2.45, 2.75) is 0 Å². The van der Waals surface area contributed by atoms with Gasteiger partial charge < -0.3 is 16.0 Å². The summed E-state index contributed by atoms with van der Waals surface area (Å²) in [5.41, 5.74) is 1.52. The second kappa shape index (κ2) is 8.91. The predicted molar refractivity (Wildman–Crippen MR) is 105 cm³/mol. The average Bonchev–Trinajstić information content (AvgIpc) is 2.68. The number of hydrogen-bond donors (Lipinski definition) is 3. The predicted octanol–water partition coefficient (Wildman–Crippen LogP) is 3.22. The van der Waals surface area contributed by atoms with Crippen molar-refractivity contribution in [1.82, 2.24) is 20.5 Å². The number of anilines is 3. The van der Waals surface area contributed by atoms with Crippen molar-refractivity contribution in [2.75, 3.05) is 23.7 Å². The van der Waals surface area contributed by atoms with Crippen LogP contribution in [-0.2, 0) is 0 Å². The number of hydrogen-bond acceptors (Lipinski definition) is 6. The zero-order valence-corrected chi connectivity index (χ0v) is 15.4. The Morgan fingerprint density at radius 1 is 0.885 bits per heavy atom. The summed E-state index contributed by atoms with van der Waals surface area (Å²) < 4.78 is 0.941. The first-order valence-electron chi connectivity index (χ1n) is 7.99. The first-order chi connectivity index (χ1) is 12.7. The van der Waals surface area contributed by atoms with Gasteiger partial charge in [0.15, 0.2) is 5.82 Å². The lowest BCUT2D eigenvalue weighted by molar-refractivity contribution is 0.0955. The molecule has 0 spiro atoms. The lowest BCUT2D eigenvalue weighted by Crippen LogP contribution is -2.28. The number of nitrogens with one attached hydrogen (secondary N) is 3. The molecule has 0 aliphatic rings. The molecule has 8 heteroatoms. The van der Waals surface area contributed by atoms with Crippen LogP contribution in [0.4, 0.5) is 17.3 Å². The van der Waals surface area contributed by atoms with Gasteiger partial charge in [-0.3, -0.25) is 9.78 Å². The van der Waals surface area contributed by atoms with Crippen LogP contribution in [-0.4, -0.2) is 34.2 Å². The van der Waals surface area contributed by atoms with Gasteiger partial charge in [-0.2, -0.15) is 0 Å². The minimum absolute atomic E-state index is 0.109. The van der Waals surface area contributed by atoms with Gasteiger partial charge in [0, 0.05) is 41.2 Å². The van der Waals surface area contributed by atoms with Crippen LogP contribution < -0.4 is 16.0 Å². The van der Waals surface area contributed by atoms with Crippen LogP contribution in [0.5, 0.6) is 0 Å². The lowest BCUT2D eigenvalue weighted by Gasteiger charge is -2.08. The summed E-state index contributed by atoms with van der Waals surface area (Å²) in [6.45, 7) is 1.03. The van der Waals surface area contributed by atoms with Gasteiger partial charge in [0.25, 0.3) is 5.91 Å². The van der Waals surface area contributed by atoms with Crippen molar-refractivity contribution in [2.24, 2.45) is 0 Å². The molecule has 0 aliphatic heterocycles. The Labute approximate surface area is 159 Å². The van der Waals surface area contributed by atoms with Crippen LogP contribution in [0.2, 0.25) is 0 Å². The molecule has 0 fully saturated rings. The van der Waals surface area contributed by atoms with Crippen LogP contribution in [0.1, 0.15) is 10.4 Å². The molecule has 3 N–H and O–H groups in total. The van der Waals surface area contributed by atoms with Crippen molar-refractivity contribution < 1.29 is 4.79 Å². The molecule has 0 saturated carbocycles. The fourth-order valence-electron chi connectivity index (χ4n) is 2.15. The highest BCUT2D eigenvalue weighted by atomic mass is 79.9. The zero-order valence-electron chi connectivity index (χ0n) is 13.8. The van der Waals surface area contributed by atoms with Gasteiger partial charge in [-0.05, 0) is 48.5 Å². The van der Waals surface area contributed by atoms with Crippen molar-refractivity contribution in [1.29, 1.82) is 0 Å². The maximum atomic E-state index is 12.0. The van der Waals surface area contributed by atoms with E-state index in [0.29, 0.717) is 30.3 Å². The third-order valence-electron chi connectivity index (χ3n) is 3.44. The largest absolute Gasteiger partial charge is 0.367 e. The highest BCUT2D eigenvalue weighted by molar-refractivity contribution is 9.10. The summed E-state index contributed by atoms with van der Waals surface area (Å²) in [6.07, 6.45) is 3.41. The molecule has 132 valence electrons. The lowest BCUT2D eigenvalue weighted by atomic mass is 10.2. The summed E-state index contributed by atoms with van der Waals surface area (Å²) in [6, 6.07) is 14.6. The summed E-state index contributed by atoms with van der Waals surface area (Å²) in [5.74, 6) is 1.18. The fourth-order valence-corrected chi connectivity index (χ4v) is 2.41. The van der Waals surface area contributed by atoms with Crippen LogP contribution in [0.15, 0.2) is 65.4 Å². The molecule has 3 aromatic rings. The number of rotatable bonds is 7. The zero-order chi connectivity index (χ0) is 18.2. The van der Waals surface area contributed by atoms with Gasteiger partial charge >= 0.3 is 0 Å². The first kappa shape index (κ1) is 17.8. The number of nitrogens with zero attached hydrogens (tertiary/aromatic N) is 3. The van der Waals surface area contributed by atoms with Gasteiger partial charge in [0.2, 0.25) is 0 Å². The first-order valence-corrected chi connectivity index (χ1v) is 8.78. The maximum Gasteiger partial charge on any atom is 0.251 e. The molecule has 26 heavy (non-hydrogen) atoms. The molecule has 0 saturated heterocycles. The number of carbonyl (C=O) groups excluding carboxylic acids is 1. The van der Waals surface area contributed by atoms with Gasteiger partial charge in [0.1, 0.15) is 5.82 Å². The quantitative estimate of drug-likeness (QED) is 0.516. The third kappa shape index (κ3) is 5.25. The van der Waals surface area contributed by atoms with E-state index in [1.807, 2.05) is 36.4 Å². The highest BCUT2D eigenvalue weighted by Gasteiger charge is 2.04. The van der Waals surface area contributed by atoms with E-state index < -0.39 is 0 Å². The Morgan fingerprint density at radius 3 is 2.27 bits per heavy atom. The van der Waals surface area contributed by atoms with Gasteiger partial charge in [-0.25, -0.2) is 0 Å². The molecule has 1 amide bonds. The Hall–Kier alpha value is -3.00. The number of aromatic nitrogens is 3. The van der Waals surface area contributed by atoms with Crippen LogP contribution >= 0.6 is 15.9 Å². The number of amides is 1. The molecular weight excluding hydrogens is 396 g/mol. The van der Waals surface area contributed by atoms with Crippen molar-refractivity contribution >= 4 is 39.2 Å². The van der Waals surface area contributed by atoms with E-state index in [9.17, 15) is 4.79 Å². The number of halogens is 1. The topological polar surface area (TPSA) is 91.8 Å². The average molecular weight is 413 g/mol. The Balaban J connectivity index is 1.42. The van der Waals surface area contributed by atoms with Gasteiger partial charge in [-0.1, -0.05) is 15.9 Å². The Morgan fingerprint density at radius 2 is 1.58 bits per heavy atom. The number of pyridine rings is 1. The van der Waals surface area contributed by atoms with E-state index in [0.717, 1.165) is 10.2 Å². The smallest absolute Gasteiger partial charge is 0.251 e. The van der Waals surface area contributed by atoms with Gasteiger partial charge in [0.05, 0.1) is 0 Å². The maximum absolute atomic E-state index is 12.0. The molecular formula is C18H17BrN6O.